The van der Waals surface area contributed by atoms with Crippen LogP contribution in [0.2, 0.25) is 0 Å². The van der Waals surface area contributed by atoms with Crippen molar-refractivity contribution in [1.29, 1.82) is 0 Å². The third-order valence-electron chi connectivity index (χ3n) is 5.29. The number of ether oxygens (including phenoxy) is 1. The molecule has 0 saturated heterocycles. The number of benzene rings is 1. The van der Waals surface area contributed by atoms with Gasteiger partial charge in [-0.1, -0.05) is 18.6 Å². The Hall–Kier alpha value is -1.26. The van der Waals surface area contributed by atoms with Gasteiger partial charge in [-0.2, -0.15) is 0 Å². The zero-order valence-electron chi connectivity index (χ0n) is 14.4. The number of carbonyl (C=O) groups is 1. The Morgan fingerprint density at radius 1 is 1.29 bits per heavy atom. The summed E-state index contributed by atoms with van der Waals surface area (Å²) in [7, 11) is 0. The predicted molar refractivity (Wildman–Crippen MR) is 98.5 cm³/mol. The van der Waals surface area contributed by atoms with E-state index in [-0.39, 0.29) is 18.3 Å². The minimum atomic E-state index is 0. The molecule has 2 bridgehead atoms. The average molecular weight is 353 g/mol. The highest BCUT2D eigenvalue weighted by Gasteiger charge is 2.39. The molecule has 0 spiro atoms. The Labute approximate surface area is 150 Å². The Morgan fingerprint density at radius 2 is 2.00 bits per heavy atom. The maximum Gasteiger partial charge on any atom is 0.223 e. The van der Waals surface area contributed by atoms with Crippen LogP contribution in [0.25, 0.3) is 0 Å². The molecule has 0 aliphatic heterocycles. The van der Waals surface area contributed by atoms with Gasteiger partial charge in [-0.05, 0) is 62.1 Å². The molecular weight excluding hydrogens is 324 g/mol. The maximum absolute atomic E-state index is 12.3. The number of halogens is 1. The van der Waals surface area contributed by atoms with E-state index in [2.05, 4.69) is 5.32 Å². The second kappa shape index (κ2) is 8.72. The third kappa shape index (κ3) is 4.87. The van der Waals surface area contributed by atoms with Gasteiger partial charge in [-0.15, -0.1) is 12.4 Å². The molecule has 0 radical (unpaired) electrons. The van der Waals surface area contributed by atoms with Crippen LogP contribution in [0.5, 0.6) is 5.75 Å². The molecule has 3 N–H and O–H groups in total. The smallest absolute Gasteiger partial charge is 0.223 e. The quantitative estimate of drug-likeness (QED) is 0.855. The fourth-order valence-electron chi connectivity index (χ4n) is 4.25. The summed E-state index contributed by atoms with van der Waals surface area (Å²) in [6, 6.07) is 8.57. The number of hydrogen-bond acceptors (Lipinski definition) is 3. The Morgan fingerprint density at radius 3 is 2.67 bits per heavy atom. The normalized spacial score (nSPS) is 28.6. The van der Waals surface area contributed by atoms with Crippen LogP contribution in [-0.4, -0.2) is 24.6 Å². The molecule has 5 heteroatoms. The summed E-state index contributed by atoms with van der Waals surface area (Å²) >= 11 is 0. The lowest BCUT2D eigenvalue weighted by molar-refractivity contribution is -0.123. The molecule has 4 nitrogen and oxygen atoms in total. The molecule has 24 heavy (non-hydrogen) atoms. The topological polar surface area (TPSA) is 64.3 Å². The Balaban J connectivity index is 0.00000208. The molecule has 0 aromatic heterocycles. The van der Waals surface area contributed by atoms with Crippen molar-refractivity contribution < 1.29 is 9.53 Å². The van der Waals surface area contributed by atoms with Gasteiger partial charge in [0.2, 0.25) is 5.91 Å². The molecular formula is C19H29ClN2O2. The molecule has 2 aliphatic carbocycles. The van der Waals surface area contributed by atoms with Gasteiger partial charge < -0.3 is 15.8 Å². The number of amides is 1. The van der Waals surface area contributed by atoms with Crippen molar-refractivity contribution in [2.45, 2.75) is 57.5 Å². The maximum atomic E-state index is 12.3. The fraction of sp³-hybridized carbons (Fsp3) is 0.632. The minimum absolute atomic E-state index is 0. The van der Waals surface area contributed by atoms with Crippen molar-refractivity contribution in [3.05, 3.63) is 29.8 Å². The molecule has 1 aromatic carbocycles. The molecule has 2 aliphatic rings. The average Bonchev–Trinajstić information content (AvgIpc) is 2.48. The molecule has 3 rings (SSSR count). The standard InChI is InChI=1S/C19H28N2O2.ClH/c1-13-4-2-7-17(10-13)23-9-8-18(22)21-19-14-5-3-6-15(19)12-16(20)11-14;/h2,4,7,10,14-16,19H,3,5-6,8-9,11-12,20H2,1H3,(H,21,22);1H. The van der Waals surface area contributed by atoms with Crippen LogP contribution in [0.3, 0.4) is 0 Å². The van der Waals surface area contributed by atoms with Crippen LogP contribution in [0.1, 0.15) is 44.1 Å². The van der Waals surface area contributed by atoms with E-state index in [0.717, 1.165) is 18.6 Å². The first kappa shape index (κ1) is 19.1. The van der Waals surface area contributed by atoms with E-state index in [0.29, 0.717) is 36.9 Å². The summed E-state index contributed by atoms with van der Waals surface area (Å²) in [5.74, 6) is 2.08. The highest BCUT2D eigenvalue weighted by Crippen LogP contribution is 2.39. The van der Waals surface area contributed by atoms with Crippen molar-refractivity contribution in [2.75, 3.05) is 6.61 Å². The van der Waals surface area contributed by atoms with Crippen LogP contribution in [-0.2, 0) is 4.79 Å². The SMILES string of the molecule is Cc1cccc(OCCC(=O)NC2C3CCCC2CC(N)C3)c1.Cl. The lowest BCUT2D eigenvalue weighted by atomic mass is 9.67. The zero-order valence-corrected chi connectivity index (χ0v) is 15.2. The molecule has 1 aromatic rings. The first-order valence-corrected chi connectivity index (χ1v) is 8.86. The van der Waals surface area contributed by atoms with Crippen LogP contribution in [0, 0.1) is 18.8 Å². The number of nitrogens with two attached hydrogens (primary N) is 1. The third-order valence-corrected chi connectivity index (χ3v) is 5.29. The van der Waals surface area contributed by atoms with Gasteiger partial charge in [0.05, 0.1) is 13.0 Å². The summed E-state index contributed by atoms with van der Waals surface area (Å²) < 4.78 is 5.68. The zero-order chi connectivity index (χ0) is 16.2. The van der Waals surface area contributed by atoms with Crippen LogP contribution in [0.4, 0.5) is 0 Å². The van der Waals surface area contributed by atoms with Crippen LogP contribution in [0.15, 0.2) is 24.3 Å². The van der Waals surface area contributed by atoms with Gasteiger partial charge in [0.1, 0.15) is 5.75 Å². The molecule has 2 fully saturated rings. The fourth-order valence-corrected chi connectivity index (χ4v) is 4.25. The van der Waals surface area contributed by atoms with E-state index in [9.17, 15) is 4.79 Å². The van der Waals surface area contributed by atoms with Crippen molar-refractivity contribution in [3.63, 3.8) is 0 Å². The number of nitrogens with one attached hydrogen (secondary N) is 1. The second-order valence-corrected chi connectivity index (χ2v) is 7.19. The summed E-state index contributed by atoms with van der Waals surface area (Å²) in [5.41, 5.74) is 7.31. The monoisotopic (exact) mass is 352 g/mol. The van der Waals surface area contributed by atoms with Gasteiger partial charge in [0.25, 0.3) is 0 Å². The summed E-state index contributed by atoms with van der Waals surface area (Å²) in [5, 5.41) is 3.26. The van der Waals surface area contributed by atoms with E-state index in [4.69, 9.17) is 10.5 Å². The van der Waals surface area contributed by atoms with Gasteiger partial charge >= 0.3 is 0 Å². The summed E-state index contributed by atoms with van der Waals surface area (Å²) in [4.78, 5) is 12.3. The number of aryl methyl sites for hydroxylation is 1. The highest BCUT2D eigenvalue weighted by molar-refractivity contribution is 5.85. The lowest BCUT2D eigenvalue weighted by Gasteiger charge is -2.45. The van der Waals surface area contributed by atoms with Gasteiger partial charge in [-0.25, -0.2) is 0 Å². The van der Waals surface area contributed by atoms with Crippen LogP contribution < -0.4 is 15.8 Å². The number of fused-ring (bicyclic) bond motifs is 2. The number of hydrogen-bond donors (Lipinski definition) is 2. The molecule has 2 unspecified atom stereocenters. The van der Waals surface area contributed by atoms with Gasteiger partial charge in [-0.3, -0.25) is 4.79 Å². The van der Waals surface area contributed by atoms with Crippen molar-refractivity contribution in [3.8, 4) is 5.75 Å². The number of carbonyl (C=O) groups excluding carboxylic acids is 1. The first-order valence-electron chi connectivity index (χ1n) is 8.86. The molecule has 1 amide bonds. The highest BCUT2D eigenvalue weighted by atomic mass is 35.5. The second-order valence-electron chi connectivity index (χ2n) is 7.19. The predicted octanol–water partition coefficient (Wildman–Crippen LogP) is 3.21. The molecule has 134 valence electrons. The Kier molecular flexibility index (Phi) is 6.93. The summed E-state index contributed by atoms with van der Waals surface area (Å²) in [6.45, 7) is 2.46. The van der Waals surface area contributed by atoms with E-state index in [1.54, 1.807) is 0 Å². The van der Waals surface area contributed by atoms with E-state index in [1.165, 1.54) is 24.8 Å². The Bertz CT molecular complexity index is 538. The van der Waals surface area contributed by atoms with E-state index in [1.807, 2.05) is 31.2 Å². The largest absolute Gasteiger partial charge is 0.493 e. The van der Waals surface area contributed by atoms with E-state index < -0.39 is 0 Å². The first-order chi connectivity index (χ1) is 11.1. The van der Waals surface area contributed by atoms with Gasteiger partial charge in [0, 0.05) is 12.1 Å². The van der Waals surface area contributed by atoms with Crippen molar-refractivity contribution >= 4 is 18.3 Å². The molecule has 0 heterocycles. The van der Waals surface area contributed by atoms with Gasteiger partial charge in [0.15, 0.2) is 0 Å². The van der Waals surface area contributed by atoms with Crippen molar-refractivity contribution in [1.82, 2.24) is 5.32 Å². The lowest BCUT2D eigenvalue weighted by Crippen LogP contribution is -2.53. The van der Waals surface area contributed by atoms with Crippen molar-refractivity contribution in [2.24, 2.45) is 17.6 Å². The van der Waals surface area contributed by atoms with E-state index >= 15 is 0 Å². The summed E-state index contributed by atoms with van der Waals surface area (Å²) in [6.07, 6.45) is 6.22. The van der Waals surface area contributed by atoms with Crippen LogP contribution >= 0.6 is 12.4 Å². The number of rotatable bonds is 5. The molecule has 2 atom stereocenters. The molecule has 2 saturated carbocycles. The minimum Gasteiger partial charge on any atom is -0.493 e.